The van der Waals surface area contributed by atoms with Gasteiger partial charge in [-0.15, -0.1) is 21.5 Å². The van der Waals surface area contributed by atoms with Crippen LogP contribution in [0.2, 0.25) is 0 Å². The van der Waals surface area contributed by atoms with Crippen LogP contribution in [0.25, 0.3) is 10.8 Å². The van der Waals surface area contributed by atoms with Crippen molar-refractivity contribution in [3.05, 3.63) is 47.2 Å². The van der Waals surface area contributed by atoms with E-state index in [2.05, 4.69) is 34.2 Å². The molecule has 3 aromatic rings. The van der Waals surface area contributed by atoms with E-state index in [0.29, 0.717) is 11.8 Å². The molecule has 1 atom stereocenters. The molecule has 0 radical (unpaired) electrons. The van der Waals surface area contributed by atoms with Crippen molar-refractivity contribution in [2.75, 3.05) is 27.3 Å². The van der Waals surface area contributed by atoms with Crippen LogP contribution >= 0.6 is 11.3 Å². The zero-order valence-corrected chi connectivity index (χ0v) is 18.7. The smallest absolute Gasteiger partial charge is 0.257 e. The molecule has 0 N–H and O–H groups in total. The summed E-state index contributed by atoms with van der Waals surface area (Å²) in [5.41, 5.74) is 1.27. The van der Waals surface area contributed by atoms with Gasteiger partial charge < -0.3 is 13.9 Å². The highest BCUT2D eigenvalue weighted by molar-refractivity contribution is 7.13. The van der Waals surface area contributed by atoms with Crippen molar-refractivity contribution in [3.63, 3.8) is 0 Å². The van der Waals surface area contributed by atoms with Crippen molar-refractivity contribution in [1.82, 2.24) is 15.1 Å². The lowest BCUT2D eigenvalue weighted by atomic mass is 9.90. The van der Waals surface area contributed by atoms with Crippen LogP contribution in [-0.4, -0.2) is 42.4 Å². The number of rotatable bonds is 8. The van der Waals surface area contributed by atoms with Crippen molar-refractivity contribution in [2.45, 2.75) is 38.6 Å². The summed E-state index contributed by atoms with van der Waals surface area (Å²) < 4.78 is 16.7. The van der Waals surface area contributed by atoms with Gasteiger partial charge in [-0.25, -0.2) is 0 Å². The molecule has 0 bridgehead atoms. The van der Waals surface area contributed by atoms with E-state index in [9.17, 15) is 0 Å². The number of nitrogens with zero attached hydrogens (tertiary/aromatic N) is 3. The molecule has 0 saturated carbocycles. The number of aryl methyl sites for hydroxylation is 1. The minimum Gasteiger partial charge on any atom is -0.497 e. The van der Waals surface area contributed by atoms with E-state index < -0.39 is 0 Å². The lowest BCUT2D eigenvalue weighted by Crippen LogP contribution is -2.36. The second-order valence-electron chi connectivity index (χ2n) is 7.84. The third kappa shape index (κ3) is 4.84. The number of aromatic nitrogens is 2. The summed E-state index contributed by atoms with van der Waals surface area (Å²) in [5.74, 6) is 3.77. The predicted octanol–water partition coefficient (Wildman–Crippen LogP) is 5.22. The lowest BCUT2D eigenvalue weighted by molar-refractivity contribution is 0.122. The Hall–Kier alpha value is -2.38. The molecule has 30 heavy (non-hydrogen) atoms. The summed E-state index contributed by atoms with van der Waals surface area (Å²) in [5, 5.41) is 10.5. The predicted molar refractivity (Wildman–Crippen MR) is 118 cm³/mol. The number of hydrogen-bond donors (Lipinski definition) is 0. The van der Waals surface area contributed by atoms with Crippen molar-refractivity contribution in [3.8, 4) is 22.3 Å². The number of thiophene rings is 1. The van der Waals surface area contributed by atoms with Gasteiger partial charge in [0.15, 0.2) is 0 Å². The average Bonchev–Trinajstić information content (AvgIpc) is 3.49. The van der Waals surface area contributed by atoms with Gasteiger partial charge in [-0.1, -0.05) is 6.07 Å². The molecule has 3 heterocycles. The molecular formula is C23H29N3O3S. The van der Waals surface area contributed by atoms with Crippen molar-refractivity contribution in [1.29, 1.82) is 0 Å². The van der Waals surface area contributed by atoms with Gasteiger partial charge in [-0.05, 0) is 80.8 Å². The van der Waals surface area contributed by atoms with Crippen molar-refractivity contribution in [2.24, 2.45) is 5.92 Å². The van der Waals surface area contributed by atoms with Gasteiger partial charge in [0.25, 0.3) is 5.89 Å². The molecule has 2 aromatic heterocycles. The maximum Gasteiger partial charge on any atom is 0.257 e. The van der Waals surface area contributed by atoms with Crippen LogP contribution in [0.3, 0.4) is 0 Å². The third-order valence-corrected chi connectivity index (χ3v) is 6.84. The number of hydrogen-bond acceptors (Lipinski definition) is 7. The van der Waals surface area contributed by atoms with Crippen LogP contribution in [0.15, 0.2) is 40.1 Å². The number of methoxy groups -OCH3 is 2. The monoisotopic (exact) mass is 427 g/mol. The molecular weight excluding hydrogens is 398 g/mol. The van der Waals surface area contributed by atoms with E-state index in [1.54, 1.807) is 25.6 Å². The Labute approximate surface area is 181 Å². The molecule has 0 unspecified atom stereocenters. The highest BCUT2D eigenvalue weighted by Gasteiger charge is 2.27. The fourth-order valence-electron chi connectivity index (χ4n) is 4.07. The summed E-state index contributed by atoms with van der Waals surface area (Å²) in [6.07, 6.45) is 4.61. The molecule has 1 fully saturated rings. The summed E-state index contributed by atoms with van der Waals surface area (Å²) in [7, 11) is 3.39. The molecule has 6 nitrogen and oxygen atoms in total. The van der Waals surface area contributed by atoms with Crippen LogP contribution in [0, 0.1) is 5.92 Å². The molecule has 1 aromatic carbocycles. The SMILES string of the molecule is COc1cc(CCC2CCN([C@H](C)c3nnc(-c4cccs4)o3)CC2)cc(OC)c1. The van der Waals surface area contributed by atoms with Crippen LogP contribution in [-0.2, 0) is 6.42 Å². The standard InChI is InChI=1S/C23H29N3O3S/c1-16(22-24-25-23(29-22)21-5-4-12-30-21)26-10-8-17(9-11-26)6-7-18-13-19(27-2)15-20(14-18)28-3/h4-5,12-17H,6-11H2,1-3H3/t16-/m1/s1. The Kier molecular flexibility index (Phi) is 6.69. The van der Waals surface area contributed by atoms with Crippen LogP contribution in [0.4, 0.5) is 0 Å². The van der Waals surface area contributed by atoms with Gasteiger partial charge in [-0.2, -0.15) is 0 Å². The second-order valence-corrected chi connectivity index (χ2v) is 8.79. The highest BCUT2D eigenvalue weighted by atomic mass is 32.1. The minimum atomic E-state index is 0.148. The van der Waals surface area contributed by atoms with E-state index in [4.69, 9.17) is 13.9 Å². The summed E-state index contributed by atoms with van der Waals surface area (Å²) in [4.78, 5) is 3.48. The zero-order valence-electron chi connectivity index (χ0n) is 17.8. The molecule has 4 rings (SSSR count). The third-order valence-electron chi connectivity index (χ3n) is 5.98. The number of likely N-dealkylation sites (tertiary alicyclic amines) is 1. The minimum absolute atomic E-state index is 0.148. The molecule has 7 heteroatoms. The Bertz CT molecular complexity index is 911. The Morgan fingerprint density at radius 2 is 1.87 bits per heavy atom. The first kappa shape index (κ1) is 20.9. The molecule has 1 aliphatic rings. The summed E-state index contributed by atoms with van der Waals surface area (Å²) >= 11 is 1.62. The Balaban J connectivity index is 1.29. The summed E-state index contributed by atoms with van der Waals surface area (Å²) in [6.45, 7) is 4.28. The van der Waals surface area contributed by atoms with Crippen LogP contribution in [0.5, 0.6) is 11.5 Å². The number of benzene rings is 1. The van der Waals surface area contributed by atoms with E-state index in [1.807, 2.05) is 23.6 Å². The molecule has 1 aliphatic heterocycles. The zero-order chi connectivity index (χ0) is 20.9. The van der Waals surface area contributed by atoms with Gasteiger partial charge >= 0.3 is 0 Å². The van der Waals surface area contributed by atoms with Gasteiger partial charge in [0, 0.05) is 6.07 Å². The molecule has 0 spiro atoms. The van der Waals surface area contributed by atoms with Gasteiger partial charge in [0.05, 0.1) is 25.1 Å². The fraction of sp³-hybridized carbons (Fsp3) is 0.478. The second kappa shape index (κ2) is 9.62. The topological polar surface area (TPSA) is 60.6 Å². The Morgan fingerprint density at radius 1 is 1.13 bits per heavy atom. The normalized spacial score (nSPS) is 16.5. The highest BCUT2D eigenvalue weighted by Crippen LogP contribution is 2.31. The van der Waals surface area contributed by atoms with Crippen LogP contribution in [0.1, 0.15) is 43.7 Å². The molecule has 0 amide bonds. The van der Waals surface area contributed by atoms with Gasteiger partial charge in [-0.3, -0.25) is 4.90 Å². The lowest BCUT2D eigenvalue weighted by Gasteiger charge is -2.34. The summed E-state index contributed by atoms with van der Waals surface area (Å²) in [6, 6.07) is 10.3. The van der Waals surface area contributed by atoms with Crippen LogP contribution < -0.4 is 9.47 Å². The van der Waals surface area contributed by atoms with E-state index in [0.717, 1.165) is 41.8 Å². The fourth-order valence-corrected chi connectivity index (χ4v) is 4.71. The first-order valence-electron chi connectivity index (χ1n) is 10.5. The van der Waals surface area contributed by atoms with E-state index >= 15 is 0 Å². The average molecular weight is 428 g/mol. The van der Waals surface area contributed by atoms with Crippen molar-refractivity contribution >= 4 is 11.3 Å². The first-order valence-corrected chi connectivity index (χ1v) is 11.4. The maximum atomic E-state index is 5.94. The number of piperidine rings is 1. The largest absolute Gasteiger partial charge is 0.497 e. The first-order chi connectivity index (χ1) is 14.7. The maximum absolute atomic E-state index is 5.94. The molecule has 0 aliphatic carbocycles. The number of ether oxygens (including phenoxy) is 2. The van der Waals surface area contributed by atoms with E-state index in [-0.39, 0.29) is 6.04 Å². The quantitative estimate of drug-likeness (QED) is 0.491. The Morgan fingerprint density at radius 3 is 2.50 bits per heavy atom. The van der Waals surface area contributed by atoms with Gasteiger partial charge in [0.1, 0.15) is 11.5 Å². The van der Waals surface area contributed by atoms with Crippen molar-refractivity contribution < 1.29 is 13.9 Å². The van der Waals surface area contributed by atoms with Gasteiger partial charge in [0.2, 0.25) is 5.89 Å². The molecule has 160 valence electrons. The van der Waals surface area contributed by atoms with E-state index in [1.165, 1.54) is 24.8 Å². The molecule has 1 saturated heterocycles.